The highest BCUT2D eigenvalue weighted by Gasteiger charge is 2.12. The van der Waals surface area contributed by atoms with Crippen LogP contribution in [0.5, 0.6) is 0 Å². The third-order valence-electron chi connectivity index (χ3n) is 4.13. The van der Waals surface area contributed by atoms with Gasteiger partial charge in [0.1, 0.15) is 5.82 Å². The van der Waals surface area contributed by atoms with Crippen LogP contribution < -0.4 is 0 Å². The Morgan fingerprint density at radius 2 is 1.38 bits per heavy atom. The molecule has 0 aliphatic carbocycles. The van der Waals surface area contributed by atoms with Crippen molar-refractivity contribution < 1.29 is 0 Å². The van der Waals surface area contributed by atoms with Gasteiger partial charge in [-0.1, -0.05) is 58.0 Å². The van der Waals surface area contributed by atoms with Gasteiger partial charge in [-0.25, -0.2) is 9.97 Å². The molecule has 0 N–H and O–H groups in total. The molecule has 0 unspecified atom stereocenters. The Morgan fingerprint density at radius 3 is 1.96 bits per heavy atom. The molecule has 2 aromatic heterocycles. The number of aromatic nitrogens is 3. The predicted molar refractivity (Wildman–Crippen MR) is 98.9 cm³/mol. The molecular formula is C21H23N3. The molecule has 122 valence electrons. The smallest absolute Gasteiger partial charge is 0.130 e. The van der Waals surface area contributed by atoms with E-state index in [4.69, 9.17) is 0 Å². The van der Waals surface area contributed by atoms with Crippen molar-refractivity contribution in [2.75, 3.05) is 0 Å². The van der Waals surface area contributed by atoms with Gasteiger partial charge in [0.15, 0.2) is 0 Å². The van der Waals surface area contributed by atoms with Crippen LogP contribution >= 0.6 is 0 Å². The summed E-state index contributed by atoms with van der Waals surface area (Å²) >= 11 is 0. The van der Waals surface area contributed by atoms with Crippen molar-refractivity contribution in [3.8, 4) is 22.4 Å². The SMILES string of the molecule is CC(C)c1ncc(-c2cc(-c3ccccc3)c(C(C)C)cn2)cn1. The van der Waals surface area contributed by atoms with Gasteiger partial charge in [0.2, 0.25) is 0 Å². The first-order valence-electron chi connectivity index (χ1n) is 8.44. The second kappa shape index (κ2) is 6.91. The van der Waals surface area contributed by atoms with Gasteiger partial charge in [-0.15, -0.1) is 0 Å². The van der Waals surface area contributed by atoms with Crippen molar-refractivity contribution in [3.63, 3.8) is 0 Å². The number of hydrogen-bond acceptors (Lipinski definition) is 3. The summed E-state index contributed by atoms with van der Waals surface area (Å²) in [6.07, 6.45) is 5.72. The summed E-state index contributed by atoms with van der Waals surface area (Å²) in [5.74, 6) is 1.61. The molecule has 0 saturated carbocycles. The van der Waals surface area contributed by atoms with Crippen molar-refractivity contribution >= 4 is 0 Å². The standard InChI is InChI=1S/C21H23N3/c1-14(2)19-13-22-20(10-18(19)16-8-6-5-7-9-16)17-11-23-21(15(3)4)24-12-17/h5-15H,1-4H3. The summed E-state index contributed by atoms with van der Waals surface area (Å²) in [5, 5.41) is 0. The topological polar surface area (TPSA) is 38.7 Å². The highest BCUT2D eigenvalue weighted by molar-refractivity contribution is 5.73. The van der Waals surface area contributed by atoms with E-state index < -0.39 is 0 Å². The van der Waals surface area contributed by atoms with Gasteiger partial charge >= 0.3 is 0 Å². The molecule has 0 spiro atoms. The Labute approximate surface area is 143 Å². The lowest BCUT2D eigenvalue weighted by atomic mass is 9.93. The summed E-state index contributed by atoms with van der Waals surface area (Å²) in [6.45, 7) is 8.59. The van der Waals surface area contributed by atoms with Gasteiger partial charge in [-0.05, 0) is 28.7 Å². The zero-order valence-corrected chi connectivity index (χ0v) is 14.7. The number of hydrogen-bond donors (Lipinski definition) is 0. The van der Waals surface area contributed by atoms with Crippen molar-refractivity contribution in [1.29, 1.82) is 0 Å². The Bertz CT molecular complexity index is 806. The van der Waals surface area contributed by atoms with E-state index in [-0.39, 0.29) is 0 Å². The van der Waals surface area contributed by atoms with Crippen LogP contribution in [0.3, 0.4) is 0 Å². The van der Waals surface area contributed by atoms with Crippen LogP contribution in [0.1, 0.15) is 50.9 Å². The average Bonchev–Trinajstić information content (AvgIpc) is 2.62. The minimum atomic E-state index is 0.329. The first kappa shape index (κ1) is 16.3. The van der Waals surface area contributed by atoms with Gasteiger partial charge in [0, 0.05) is 30.1 Å². The molecule has 0 fully saturated rings. The van der Waals surface area contributed by atoms with E-state index in [0.29, 0.717) is 11.8 Å². The van der Waals surface area contributed by atoms with Crippen LogP contribution in [-0.2, 0) is 0 Å². The Kier molecular flexibility index (Phi) is 4.70. The lowest BCUT2D eigenvalue weighted by Gasteiger charge is -2.14. The van der Waals surface area contributed by atoms with E-state index in [0.717, 1.165) is 17.1 Å². The number of rotatable bonds is 4. The molecule has 0 aliphatic heterocycles. The summed E-state index contributed by atoms with van der Waals surface area (Å²) < 4.78 is 0. The molecule has 0 aliphatic rings. The molecule has 0 saturated heterocycles. The van der Waals surface area contributed by atoms with Gasteiger partial charge in [0.25, 0.3) is 0 Å². The lowest BCUT2D eigenvalue weighted by Crippen LogP contribution is -1.99. The fourth-order valence-electron chi connectivity index (χ4n) is 2.72. The van der Waals surface area contributed by atoms with Gasteiger partial charge < -0.3 is 0 Å². The number of nitrogens with zero attached hydrogens (tertiary/aromatic N) is 3. The maximum atomic E-state index is 4.65. The van der Waals surface area contributed by atoms with Crippen LogP contribution in [-0.4, -0.2) is 15.0 Å². The second-order valence-electron chi connectivity index (χ2n) is 6.66. The molecule has 0 atom stereocenters. The molecule has 0 amide bonds. The van der Waals surface area contributed by atoms with E-state index in [1.54, 1.807) is 0 Å². The normalized spacial score (nSPS) is 11.2. The Balaban J connectivity index is 2.07. The minimum Gasteiger partial charge on any atom is -0.256 e. The first-order valence-corrected chi connectivity index (χ1v) is 8.44. The number of benzene rings is 1. The molecule has 3 aromatic rings. The van der Waals surface area contributed by atoms with Crippen molar-refractivity contribution in [2.24, 2.45) is 0 Å². The van der Waals surface area contributed by atoms with Crippen LogP contribution in [0.15, 0.2) is 55.0 Å². The summed E-state index contributed by atoms with van der Waals surface area (Å²) in [4.78, 5) is 13.6. The third-order valence-corrected chi connectivity index (χ3v) is 4.13. The van der Waals surface area contributed by atoms with Crippen LogP contribution in [0.25, 0.3) is 22.4 Å². The summed E-state index contributed by atoms with van der Waals surface area (Å²) in [6, 6.07) is 12.6. The summed E-state index contributed by atoms with van der Waals surface area (Å²) in [7, 11) is 0. The first-order chi connectivity index (χ1) is 11.6. The maximum absolute atomic E-state index is 4.65. The second-order valence-corrected chi connectivity index (χ2v) is 6.66. The Hall–Kier alpha value is -2.55. The highest BCUT2D eigenvalue weighted by atomic mass is 14.9. The van der Waals surface area contributed by atoms with E-state index in [1.807, 2.05) is 24.7 Å². The fraction of sp³-hybridized carbons (Fsp3) is 0.286. The van der Waals surface area contributed by atoms with Gasteiger partial charge in [-0.3, -0.25) is 4.98 Å². The third kappa shape index (κ3) is 3.35. The molecule has 1 aromatic carbocycles. The maximum Gasteiger partial charge on any atom is 0.130 e. The minimum absolute atomic E-state index is 0.329. The predicted octanol–water partition coefficient (Wildman–Crippen LogP) is 5.45. The van der Waals surface area contributed by atoms with Crippen LogP contribution in [0.4, 0.5) is 0 Å². The van der Waals surface area contributed by atoms with Gasteiger partial charge in [0.05, 0.1) is 5.69 Å². The zero-order valence-electron chi connectivity index (χ0n) is 14.7. The summed E-state index contributed by atoms with van der Waals surface area (Å²) in [5.41, 5.74) is 5.55. The molecule has 24 heavy (non-hydrogen) atoms. The zero-order chi connectivity index (χ0) is 17.1. The van der Waals surface area contributed by atoms with E-state index in [2.05, 4.69) is 73.0 Å². The van der Waals surface area contributed by atoms with Crippen molar-refractivity contribution in [1.82, 2.24) is 15.0 Å². The van der Waals surface area contributed by atoms with Crippen molar-refractivity contribution in [2.45, 2.75) is 39.5 Å². The molecule has 2 heterocycles. The molecular weight excluding hydrogens is 294 g/mol. The van der Waals surface area contributed by atoms with Gasteiger partial charge in [-0.2, -0.15) is 0 Å². The average molecular weight is 317 g/mol. The highest BCUT2D eigenvalue weighted by Crippen LogP contribution is 2.31. The lowest BCUT2D eigenvalue weighted by molar-refractivity contribution is 0.774. The van der Waals surface area contributed by atoms with E-state index in [1.165, 1.54) is 16.7 Å². The molecule has 0 radical (unpaired) electrons. The molecule has 3 rings (SSSR count). The fourth-order valence-corrected chi connectivity index (χ4v) is 2.72. The monoisotopic (exact) mass is 317 g/mol. The van der Waals surface area contributed by atoms with Crippen molar-refractivity contribution in [3.05, 3.63) is 66.4 Å². The van der Waals surface area contributed by atoms with E-state index >= 15 is 0 Å². The molecule has 0 bridgehead atoms. The largest absolute Gasteiger partial charge is 0.256 e. The van der Waals surface area contributed by atoms with E-state index in [9.17, 15) is 0 Å². The quantitative estimate of drug-likeness (QED) is 0.642. The molecule has 3 nitrogen and oxygen atoms in total. The Morgan fingerprint density at radius 1 is 0.708 bits per heavy atom. The number of pyridine rings is 1. The van der Waals surface area contributed by atoms with Crippen LogP contribution in [0.2, 0.25) is 0 Å². The molecule has 3 heteroatoms. The van der Waals surface area contributed by atoms with Crippen LogP contribution in [0, 0.1) is 0 Å².